The lowest BCUT2D eigenvalue weighted by Gasteiger charge is -2.15. The van der Waals surface area contributed by atoms with E-state index in [1.54, 1.807) is 0 Å². The monoisotopic (exact) mass is 335 g/mol. The van der Waals surface area contributed by atoms with Crippen LogP contribution in [0.2, 0.25) is 0 Å². The van der Waals surface area contributed by atoms with Gasteiger partial charge in [0.1, 0.15) is 0 Å². The third kappa shape index (κ3) is 4.37. The fourth-order valence-electron chi connectivity index (χ4n) is 3.26. The molecule has 1 saturated carbocycles. The Bertz CT molecular complexity index is 736. The standard InChI is InChI=1S/C22H25NO2/c1-17-10-12-18(13-11-17)6-5-9-21(25)23-15-22(16-24)14-20(22)19-7-3-2-4-8-19/h2-8,10-13,20,24H,9,14-16H2,1H3,(H,23,25)/b6-5+/t20-,22-/m1/s1. The zero-order chi connectivity index (χ0) is 17.7. The Labute approximate surface area is 149 Å². The van der Waals surface area contributed by atoms with Crippen LogP contribution in [0.15, 0.2) is 60.7 Å². The van der Waals surface area contributed by atoms with Crippen molar-refractivity contribution in [2.24, 2.45) is 5.41 Å². The number of amides is 1. The van der Waals surface area contributed by atoms with E-state index in [0.29, 0.717) is 18.9 Å². The second-order valence-electron chi connectivity index (χ2n) is 6.98. The smallest absolute Gasteiger partial charge is 0.223 e. The summed E-state index contributed by atoms with van der Waals surface area (Å²) in [6, 6.07) is 18.4. The van der Waals surface area contributed by atoms with Crippen molar-refractivity contribution in [1.82, 2.24) is 5.32 Å². The molecule has 3 rings (SSSR count). The molecule has 1 fully saturated rings. The maximum atomic E-state index is 12.1. The van der Waals surface area contributed by atoms with Gasteiger partial charge in [0.2, 0.25) is 5.91 Å². The van der Waals surface area contributed by atoms with Crippen molar-refractivity contribution in [3.8, 4) is 0 Å². The van der Waals surface area contributed by atoms with Crippen molar-refractivity contribution >= 4 is 12.0 Å². The second kappa shape index (κ2) is 7.66. The fraction of sp³-hybridized carbons (Fsp3) is 0.318. The molecule has 1 amide bonds. The van der Waals surface area contributed by atoms with Crippen molar-refractivity contribution in [2.45, 2.75) is 25.7 Å². The van der Waals surface area contributed by atoms with Crippen LogP contribution in [-0.4, -0.2) is 24.2 Å². The first kappa shape index (κ1) is 17.4. The quantitative estimate of drug-likeness (QED) is 0.811. The summed E-state index contributed by atoms with van der Waals surface area (Å²) >= 11 is 0. The van der Waals surface area contributed by atoms with Gasteiger partial charge in [-0.15, -0.1) is 0 Å². The predicted octanol–water partition coefficient (Wildman–Crippen LogP) is 3.68. The van der Waals surface area contributed by atoms with E-state index in [4.69, 9.17) is 0 Å². The van der Waals surface area contributed by atoms with Crippen molar-refractivity contribution in [1.29, 1.82) is 0 Å². The van der Waals surface area contributed by atoms with E-state index < -0.39 is 0 Å². The summed E-state index contributed by atoms with van der Waals surface area (Å²) in [5.41, 5.74) is 3.36. The first-order valence-corrected chi connectivity index (χ1v) is 8.79. The van der Waals surface area contributed by atoms with Crippen molar-refractivity contribution in [3.05, 3.63) is 77.4 Å². The highest BCUT2D eigenvalue weighted by Gasteiger charge is 2.54. The number of nitrogens with one attached hydrogen (secondary N) is 1. The summed E-state index contributed by atoms with van der Waals surface area (Å²) in [4.78, 5) is 12.1. The highest BCUT2D eigenvalue weighted by Crippen LogP contribution is 2.58. The molecule has 3 nitrogen and oxygen atoms in total. The van der Waals surface area contributed by atoms with Crippen molar-refractivity contribution in [2.75, 3.05) is 13.2 Å². The number of carbonyl (C=O) groups excluding carboxylic acids is 1. The Morgan fingerprint density at radius 2 is 1.92 bits per heavy atom. The molecule has 0 radical (unpaired) electrons. The first-order valence-electron chi connectivity index (χ1n) is 8.79. The number of hydrogen-bond acceptors (Lipinski definition) is 2. The number of rotatable bonds is 7. The average Bonchev–Trinajstić information content (AvgIpc) is 3.38. The molecule has 2 N–H and O–H groups in total. The molecule has 0 spiro atoms. The second-order valence-corrected chi connectivity index (χ2v) is 6.98. The van der Waals surface area contributed by atoms with Gasteiger partial charge in [-0.3, -0.25) is 4.79 Å². The van der Waals surface area contributed by atoms with Crippen LogP contribution in [0.25, 0.3) is 6.08 Å². The minimum atomic E-state index is -0.197. The molecule has 25 heavy (non-hydrogen) atoms. The predicted molar refractivity (Wildman–Crippen MR) is 101 cm³/mol. The number of carbonyl (C=O) groups is 1. The summed E-state index contributed by atoms with van der Waals surface area (Å²) < 4.78 is 0. The average molecular weight is 335 g/mol. The zero-order valence-electron chi connectivity index (χ0n) is 14.6. The van der Waals surface area contributed by atoms with Gasteiger partial charge < -0.3 is 10.4 Å². The third-order valence-corrected chi connectivity index (χ3v) is 5.04. The van der Waals surface area contributed by atoms with Crippen LogP contribution in [0.1, 0.15) is 35.4 Å². The Morgan fingerprint density at radius 1 is 1.20 bits per heavy atom. The van der Waals surface area contributed by atoms with Crippen LogP contribution in [0.4, 0.5) is 0 Å². The van der Waals surface area contributed by atoms with Crippen LogP contribution >= 0.6 is 0 Å². The summed E-state index contributed by atoms with van der Waals surface area (Å²) in [6.45, 7) is 2.69. The topological polar surface area (TPSA) is 49.3 Å². The molecule has 2 atom stereocenters. The van der Waals surface area contributed by atoms with E-state index in [1.807, 2.05) is 42.5 Å². The van der Waals surface area contributed by atoms with Crippen LogP contribution in [0.5, 0.6) is 0 Å². The molecule has 1 aliphatic carbocycles. The summed E-state index contributed by atoms with van der Waals surface area (Å²) in [6.07, 6.45) is 5.12. The lowest BCUT2D eigenvalue weighted by Crippen LogP contribution is -2.32. The van der Waals surface area contributed by atoms with Crippen LogP contribution in [0, 0.1) is 12.3 Å². The molecule has 2 aromatic carbocycles. The van der Waals surface area contributed by atoms with Crippen LogP contribution < -0.4 is 5.32 Å². The number of benzene rings is 2. The lowest BCUT2D eigenvalue weighted by molar-refractivity contribution is -0.120. The van der Waals surface area contributed by atoms with Gasteiger partial charge in [0.25, 0.3) is 0 Å². The molecule has 0 saturated heterocycles. The Kier molecular flexibility index (Phi) is 5.34. The molecule has 3 heteroatoms. The van der Waals surface area contributed by atoms with E-state index in [1.165, 1.54) is 11.1 Å². The minimum Gasteiger partial charge on any atom is -0.396 e. The molecule has 0 unspecified atom stereocenters. The summed E-state index contributed by atoms with van der Waals surface area (Å²) in [5, 5.41) is 12.8. The molecule has 0 bridgehead atoms. The fourth-order valence-corrected chi connectivity index (χ4v) is 3.26. The maximum absolute atomic E-state index is 12.1. The first-order chi connectivity index (χ1) is 12.1. The number of aliphatic hydroxyl groups excluding tert-OH is 1. The van der Waals surface area contributed by atoms with Gasteiger partial charge in [0, 0.05) is 18.4 Å². The maximum Gasteiger partial charge on any atom is 0.223 e. The van der Waals surface area contributed by atoms with Crippen molar-refractivity contribution in [3.63, 3.8) is 0 Å². The molecule has 1 aliphatic rings. The molecule has 130 valence electrons. The van der Waals surface area contributed by atoms with E-state index in [0.717, 1.165) is 12.0 Å². The highest BCUT2D eigenvalue weighted by molar-refractivity contribution is 5.78. The van der Waals surface area contributed by atoms with Gasteiger partial charge in [-0.25, -0.2) is 0 Å². The van der Waals surface area contributed by atoms with Gasteiger partial charge >= 0.3 is 0 Å². The normalized spacial score (nSPS) is 22.1. The van der Waals surface area contributed by atoms with Crippen LogP contribution in [0.3, 0.4) is 0 Å². The van der Waals surface area contributed by atoms with Gasteiger partial charge in [0.15, 0.2) is 0 Å². The minimum absolute atomic E-state index is 0.00472. The van der Waals surface area contributed by atoms with E-state index in [9.17, 15) is 9.90 Å². The van der Waals surface area contributed by atoms with Gasteiger partial charge in [-0.2, -0.15) is 0 Å². The molecule has 0 aromatic heterocycles. The van der Waals surface area contributed by atoms with Crippen molar-refractivity contribution < 1.29 is 9.90 Å². The molecule has 2 aromatic rings. The van der Waals surface area contributed by atoms with Gasteiger partial charge in [-0.05, 0) is 30.4 Å². The summed E-state index contributed by atoms with van der Waals surface area (Å²) in [7, 11) is 0. The Morgan fingerprint density at radius 3 is 2.60 bits per heavy atom. The Balaban J connectivity index is 1.48. The van der Waals surface area contributed by atoms with Gasteiger partial charge in [0.05, 0.1) is 6.61 Å². The molecule has 0 heterocycles. The van der Waals surface area contributed by atoms with E-state index >= 15 is 0 Å². The SMILES string of the molecule is Cc1ccc(/C=C/CC(=O)NC[C@@]2(CO)C[C@@H]2c2ccccc2)cc1. The highest BCUT2D eigenvalue weighted by atomic mass is 16.3. The lowest BCUT2D eigenvalue weighted by atomic mass is 10.00. The van der Waals surface area contributed by atoms with Gasteiger partial charge in [-0.1, -0.05) is 72.3 Å². The van der Waals surface area contributed by atoms with E-state index in [2.05, 4.69) is 36.5 Å². The molecular weight excluding hydrogens is 310 g/mol. The number of aryl methyl sites for hydroxylation is 1. The van der Waals surface area contributed by atoms with Crippen LogP contribution in [-0.2, 0) is 4.79 Å². The van der Waals surface area contributed by atoms with E-state index in [-0.39, 0.29) is 17.9 Å². The molecular formula is C22H25NO2. The third-order valence-electron chi connectivity index (χ3n) is 5.04. The summed E-state index contributed by atoms with van der Waals surface area (Å²) in [5.74, 6) is 0.331. The Hall–Kier alpha value is -2.39. The largest absolute Gasteiger partial charge is 0.396 e. The number of hydrogen-bond donors (Lipinski definition) is 2. The number of aliphatic hydroxyl groups is 1. The molecule has 0 aliphatic heterocycles. The zero-order valence-corrected chi connectivity index (χ0v) is 14.6.